The predicted octanol–water partition coefficient (Wildman–Crippen LogP) is 9.47. The van der Waals surface area contributed by atoms with Crippen molar-refractivity contribution >= 4 is 73.1 Å². The Hall–Kier alpha value is -4.75. The third-order valence-corrected chi connectivity index (χ3v) is 22.3. The van der Waals surface area contributed by atoms with Gasteiger partial charge in [0.1, 0.15) is 18.7 Å². The van der Waals surface area contributed by atoms with Gasteiger partial charge in [-0.25, -0.2) is 15.0 Å². The van der Waals surface area contributed by atoms with Crippen LogP contribution in [0.3, 0.4) is 0 Å². The molecule has 1 aliphatic carbocycles. The SMILES string of the molecule is CC(=O)OC1[C@H](Nc2ncnc3c2ncn3[C@H]2C[C@H](O[Si](C)(C)C(C)(C)C)[C@@H](CO[Si](C)(C)C(C)(C)C)O2)c2c(ccc3ccc4ccccc4c23)[C@@H](OC(C)=O)[C@@H]1OC(C)=O. The highest BCUT2D eigenvalue weighted by Crippen LogP contribution is 2.49. The van der Waals surface area contributed by atoms with Gasteiger partial charge >= 0.3 is 17.9 Å². The van der Waals surface area contributed by atoms with Crippen LogP contribution in [0.25, 0.3) is 32.7 Å². The molecule has 332 valence electrons. The maximum atomic E-state index is 13.0. The monoisotopic (exact) mass is 883 g/mol. The van der Waals surface area contributed by atoms with E-state index in [1.165, 1.54) is 27.1 Å². The van der Waals surface area contributed by atoms with E-state index in [0.717, 1.165) is 21.5 Å². The second kappa shape index (κ2) is 16.8. The molecule has 7 rings (SSSR count). The first kappa shape index (κ1) is 45.3. The number of ether oxygens (including phenoxy) is 4. The molecule has 0 saturated carbocycles. The molecule has 0 radical (unpaired) electrons. The second-order valence-electron chi connectivity index (χ2n) is 19.7. The fourth-order valence-corrected chi connectivity index (χ4v) is 10.4. The Labute approximate surface area is 365 Å². The van der Waals surface area contributed by atoms with E-state index >= 15 is 0 Å². The van der Waals surface area contributed by atoms with Crippen LogP contribution in [0.1, 0.15) is 98.2 Å². The molecule has 7 atom stereocenters. The number of carbonyl (C=O) groups is 3. The second-order valence-corrected chi connectivity index (χ2v) is 29.2. The van der Waals surface area contributed by atoms with Crippen molar-refractivity contribution in [1.82, 2.24) is 19.5 Å². The van der Waals surface area contributed by atoms with E-state index in [1.54, 1.807) is 6.33 Å². The molecule has 0 amide bonds. The summed E-state index contributed by atoms with van der Waals surface area (Å²) >= 11 is 0. The van der Waals surface area contributed by atoms with Crippen molar-refractivity contribution < 1.29 is 42.2 Å². The largest absolute Gasteiger partial charge is 0.456 e. The summed E-state index contributed by atoms with van der Waals surface area (Å²) in [4.78, 5) is 52.8. The molecule has 2 aliphatic rings. The molecule has 0 bridgehead atoms. The van der Waals surface area contributed by atoms with Crippen molar-refractivity contribution in [2.24, 2.45) is 0 Å². The molecule has 1 fully saturated rings. The minimum absolute atomic E-state index is 0.0165. The van der Waals surface area contributed by atoms with Crippen molar-refractivity contribution in [3.63, 3.8) is 0 Å². The predicted molar refractivity (Wildman–Crippen MR) is 243 cm³/mol. The lowest BCUT2D eigenvalue weighted by atomic mass is 9.77. The van der Waals surface area contributed by atoms with Gasteiger partial charge in [-0.2, -0.15) is 0 Å². The van der Waals surface area contributed by atoms with Gasteiger partial charge in [0.2, 0.25) is 0 Å². The molecular weight excluding hydrogens is 823 g/mol. The first-order valence-corrected chi connectivity index (χ1v) is 27.2. The Bertz CT molecular complexity index is 2510. The summed E-state index contributed by atoms with van der Waals surface area (Å²) in [6, 6.07) is 15.0. The number of esters is 3. The Morgan fingerprint density at radius 3 is 2.08 bits per heavy atom. The Kier molecular flexibility index (Phi) is 12.2. The summed E-state index contributed by atoms with van der Waals surface area (Å²) in [6.45, 7) is 26.6. The lowest BCUT2D eigenvalue weighted by Gasteiger charge is -2.43. The third-order valence-electron chi connectivity index (χ3n) is 13.3. The van der Waals surface area contributed by atoms with E-state index < -0.39 is 65.1 Å². The number of hydrogen-bond donors (Lipinski definition) is 1. The minimum Gasteiger partial charge on any atom is -0.456 e. The zero-order valence-corrected chi connectivity index (χ0v) is 40.2. The fraction of sp³-hybridized carbons (Fsp3) is 0.522. The van der Waals surface area contributed by atoms with Gasteiger partial charge in [0.05, 0.1) is 25.1 Å². The standard InChI is InChI=1S/C46H61N5O9Si2/c1-26(52)56-40-32-21-20-30-19-18-29-16-14-15-17-31(29)36(30)37(32)38(41(57-27(2)53)42(40)58-28(3)54)50-43-39-44(48-24-47-43)51(25-49-39)35-22-33(60-62(12,13)46(7,8)9)34(59-35)23-55-61(10,11)45(4,5)6/h14-21,24-25,33-35,38,40-42H,22-23H2,1-13H3,(H,47,48,50)/t33-,34+,35+,38+,40+,41?,42-/m0/s1. The molecule has 1 saturated heterocycles. The number of nitrogens with zero attached hydrogens (tertiary/aromatic N) is 4. The Morgan fingerprint density at radius 2 is 1.42 bits per heavy atom. The van der Waals surface area contributed by atoms with E-state index in [-0.39, 0.29) is 22.3 Å². The quantitative estimate of drug-likeness (QED) is 0.0578. The molecule has 2 aromatic heterocycles. The molecule has 1 aliphatic heterocycles. The zero-order valence-electron chi connectivity index (χ0n) is 38.2. The first-order valence-electron chi connectivity index (χ1n) is 21.3. The van der Waals surface area contributed by atoms with Crippen molar-refractivity contribution in [3.05, 3.63) is 72.3 Å². The van der Waals surface area contributed by atoms with Gasteiger partial charge in [-0.05, 0) is 63.4 Å². The Morgan fingerprint density at radius 1 is 0.790 bits per heavy atom. The number of carbonyl (C=O) groups excluding carboxylic acids is 3. The van der Waals surface area contributed by atoms with E-state index in [1.807, 2.05) is 53.1 Å². The fourth-order valence-electron chi connectivity index (χ4n) is 8.06. The summed E-state index contributed by atoms with van der Waals surface area (Å²) in [6.07, 6.45) is -0.808. The molecule has 0 spiro atoms. The topological polar surface area (TPSA) is 162 Å². The third kappa shape index (κ3) is 8.76. The molecule has 14 nitrogen and oxygen atoms in total. The number of fused-ring (bicyclic) bond motifs is 6. The van der Waals surface area contributed by atoms with Gasteiger partial charge in [0, 0.05) is 32.8 Å². The van der Waals surface area contributed by atoms with Crippen LogP contribution in [0, 0.1) is 0 Å². The summed E-state index contributed by atoms with van der Waals surface area (Å²) < 4.78 is 40.5. The average molecular weight is 884 g/mol. The smallest absolute Gasteiger partial charge is 0.303 e. The molecule has 3 aromatic carbocycles. The van der Waals surface area contributed by atoms with Crippen LogP contribution >= 0.6 is 0 Å². The number of nitrogens with one attached hydrogen (secondary N) is 1. The van der Waals surface area contributed by atoms with Gasteiger partial charge in [-0.3, -0.25) is 19.0 Å². The highest BCUT2D eigenvalue weighted by molar-refractivity contribution is 6.74. The normalized spacial score (nSPS) is 23.3. The lowest BCUT2D eigenvalue weighted by molar-refractivity contribution is -0.187. The summed E-state index contributed by atoms with van der Waals surface area (Å²) in [7, 11) is -4.33. The molecule has 5 aromatic rings. The van der Waals surface area contributed by atoms with Crippen LogP contribution in [0.5, 0.6) is 0 Å². The van der Waals surface area contributed by atoms with Crippen LogP contribution in [0.4, 0.5) is 5.82 Å². The average Bonchev–Trinajstić information content (AvgIpc) is 3.79. The van der Waals surface area contributed by atoms with Crippen LogP contribution < -0.4 is 5.32 Å². The van der Waals surface area contributed by atoms with Gasteiger partial charge in [0.25, 0.3) is 0 Å². The van der Waals surface area contributed by atoms with Crippen LogP contribution in [0.15, 0.2) is 61.2 Å². The van der Waals surface area contributed by atoms with Gasteiger partial charge in [-0.1, -0.05) is 90.1 Å². The van der Waals surface area contributed by atoms with Crippen molar-refractivity contribution in [2.75, 3.05) is 11.9 Å². The van der Waals surface area contributed by atoms with Crippen LogP contribution in [-0.2, 0) is 42.2 Å². The van der Waals surface area contributed by atoms with E-state index in [9.17, 15) is 14.4 Å². The van der Waals surface area contributed by atoms with Gasteiger partial charge < -0.3 is 33.1 Å². The zero-order chi connectivity index (χ0) is 45.1. The van der Waals surface area contributed by atoms with E-state index in [2.05, 4.69) is 73.0 Å². The Balaban J connectivity index is 1.33. The number of aromatic nitrogens is 4. The molecule has 62 heavy (non-hydrogen) atoms. The molecule has 1 unspecified atom stereocenters. The summed E-state index contributed by atoms with van der Waals surface area (Å²) in [5.41, 5.74) is 2.24. The molecule has 16 heteroatoms. The van der Waals surface area contributed by atoms with Crippen molar-refractivity contribution in [3.8, 4) is 0 Å². The van der Waals surface area contributed by atoms with Crippen molar-refractivity contribution in [1.29, 1.82) is 0 Å². The number of hydrogen-bond acceptors (Lipinski definition) is 13. The summed E-state index contributed by atoms with van der Waals surface area (Å²) in [5, 5.41) is 7.24. The number of benzene rings is 3. The van der Waals surface area contributed by atoms with Crippen LogP contribution in [-0.4, -0.2) is 85.1 Å². The highest BCUT2D eigenvalue weighted by atomic mass is 28.4. The van der Waals surface area contributed by atoms with Gasteiger partial charge in [-0.15, -0.1) is 0 Å². The molecular formula is C46H61N5O9Si2. The van der Waals surface area contributed by atoms with E-state index in [0.29, 0.717) is 41.1 Å². The number of rotatable bonds is 11. The number of anilines is 1. The summed E-state index contributed by atoms with van der Waals surface area (Å²) in [5.74, 6) is -1.50. The lowest BCUT2D eigenvalue weighted by Crippen LogP contribution is -2.50. The maximum absolute atomic E-state index is 13.0. The van der Waals surface area contributed by atoms with E-state index in [4.69, 9.17) is 42.8 Å². The van der Waals surface area contributed by atoms with Crippen LogP contribution in [0.2, 0.25) is 36.3 Å². The minimum atomic E-state index is -2.22. The molecule has 1 N–H and O–H groups in total. The number of imidazole rings is 1. The first-order chi connectivity index (χ1) is 29.0. The van der Waals surface area contributed by atoms with Crippen molar-refractivity contribution in [2.45, 2.75) is 148 Å². The van der Waals surface area contributed by atoms with Gasteiger partial charge in [0.15, 0.2) is 51.9 Å². The molecule has 3 heterocycles. The highest BCUT2D eigenvalue weighted by Gasteiger charge is 2.51. The maximum Gasteiger partial charge on any atom is 0.303 e.